The van der Waals surface area contributed by atoms with Gasteiger partial charge in [-0.15, -0.1) is 11.3 Å². The molecule has 1 atom stereocenters. The van der Waals surface area contributed by atoms with Crippen molar-refractivity contribution < 1.29 is 18.0 Å². The molecule has 0 aliphatic heterocycles. The van der Waals surface area contributed by atoms with Gasteiger partial charge in [0.2, 0.25) is 0 Å². The second kappa shape index (κ2) is 10.6. The van der Waals surface area contributed by atoms with E-state index in [2.05, 4.69) is 10.6 Å². The maximum Gasteiger partial charge on any atom is 0.268 e. The number of carbonyl (C=O) groups is 2. The number of hydrogen-bond donors (Lipinski definition) is 2. The van der Waals surface area contributed by atoms with Gasteiger partial charge in [0, 0.05) is 16.7 Å². The van der Waals surface area contributed by atoms with E-state index >= 15 is 0 Å². The van der Waals surface area contributed by atoms with Gasteiger partial charge >= 0.3 is 0 Å². The fourth-order valence-electron chi connectivity index (χ4n) is 3.30. The minimum atomic E-state index is -3.30. The maximum atomic E-state index is 13.2. The van der Waals surface area contributed by atoms with Crippen molar-refractivity contribution in [2.75, 3.05) is 6.26 Å². The van der Waals surface area contributed by atoms with Crippen molar-refractivity contribution in [2.45, 2.75) is 31.2 Å². The van der Waals surface area contributed by atoms with E-state index in [1.54, 1.807) is 30.3 Å². The highest BCUT2D eigenvalue weighted by Gasteiger charge is 2.20. The number of nitrogens with one attached hydrogen (secondary N) is 2. The van der Waals surface area contributed by atoms with Crippen LogP contribution in [0, 0.1) is 6.92 Å². The van der Waals surface area contributed by atoms with Crippen molar-refractivity contribution in [3.05, 3.63) is 93.3 Å². The predicted molar refractivity (Wildman–Crippen MR) is 132 cm³/mol. The van der Waals surface area contributed by atoms with Crippen LogP contribution in [-0.2, 0) is 14.6 Å². The lowest BCUT2D eigenvalue weighted by atomic mass is 10.0. The molecule has 2 aromatic carbocycles. The van der Waals surface area contributed by atoms with Crippen LogP contribution in [0.1, 0.15) is 45.7 Å². The Morgan fingerprint density at radius 1 is 1.03 bits per heavy atom. The Labute approximate surface area is 198 Å². The van der Waals surface area contributed by atoms with Gasteiger partial charge in [-0.05, 0) is 60.2 Å². The van der Waals surface area contributed by atoms with Crippen LogP contribution < -0.4 is 10.6 Å². The second-order valence-corrected chi connectivity index (χ2v) is 10.6. The van der Waals surface area contributed by atoms with Gasteiger partial charge in [0.15, 0.2) is 9.84 Å². The number of carbonyl (C=O) groups excluding carboxylic acids is 2. The van der Waals surface area contributed by atoms with Gasteiger partial charge in [-0.3, -0.25) is 9.59 Å². The number of thiophene rings is 1. The van der Waals surface area contributed by atoms with Gasteiger partial charge in [-0.2, -0.15) is 0 Å². The molecule has 33 heavy (non-hydrogen) atoms. The van der Waals surface area contributed by atoms with Gasteiger partial charge in [-0.1, -0.05) is 43.3 Å². The summed E-state index contributed by atoms with van der Waals surface area (Å²) in [4.78, 5) is 27.1. The molecule has 0 unspecified atom stereocenters. The topological polar surface area (TPSA) is 92.3 Å². The zero-order chi connectivity index (χ0) is 24.0. The van der Waals surface area contributed by atoms with Gasteiger partial charge < -0.3 is 10.6 Å². The van der Waals surface area contributed by atoms with Crippen LogP contribution in [0.25, 0.3) is 6.08 Å². The first kappa shape index (κ1) is 24.4. The molecule has 0 aliphatic carbocycles. The maximum absolute atomic E-state index is 13.2. The van der Waals surface area contributed by atoms with E-state index in [4.69, 9.17) is 0 Å². The van der Waals surface area contributed by atoms with Gasteiger partial charge in [0.1, 0.15) is 5.70 Å². The summed E-state index contributed by atoms with van der Waals surface area (Å²) in [5.41, 5.74) is 2.21. The van der Waals surface area contributed by atoms with Gasteiger partial charge in [-0.25, -0.2) is 8.42 Å². The van der Waals surface area contributed by atoms with E-state index in [1.165, 1.54) is 23.5 Å². The summed E-state index contributed by atoms with van der Waals surface area (Å²) in [7, 11) is -3.30. The monoisotopic (exact) mass is 482 g/mol. The number of sulfone groups is 1. The first-order chi connectivity index (χ1) is 15.7. The predicted octanol–water partition coefficient (Wildman–Crippen LogP) is 4.50. The third-order valence-corrected chi connectivity index (χ3v) is 7.08. The molecule has 2 amide bonds. The SMILES string of the molecule is CC[C@H](NC(=O)/C(=C/c1cccs1)NC(=O)c1ccccc1C)c1ccc(S(C)(=O)=O)cc1. The van der Waals surface area contributed by atoms with Crippen molar-refractivity contribution in [3.8, 4) is 0 Å². The van der Waals surface area contributed by atoms with Crippen LogP contribution in [0.15, 0.2) is 76.6 Å². The third-order valence-electron chi connectivity index (χ3n) is 5.14. The Bertz CT molecular complexity index is 1260. The zero-order valence-corrected chi connectivity index (χ0v) is 20.3. The highest BCUT2D eigenvalue weighted by molar-refractivity contribution is 7.90. The van der Waals surface area contributed by atoms with Gasteiger partial charge in [0.25, 0.3) is 11.8 Å². The summed E-state index contributed by atoms with van der Waals surface area (Å²) >= 11 is 1.46. The van der Waals surface area contributed by atoms with Crippen molar-refractivity contribution in [2.24, 2.45) is 0 Å². The summed E-state index contributed by atoms with van der Waals surface area (Å²) in [5.74, 6) is -0.791. The van der Waals surface area contributed by atoms with Crippen LogP contribution >= 0.6 is 11.3 Å². The molecule has 0 aliphatic rings. The summed E-state index contributed by atoms with van der Waals surface area (Å²) < 4.78 is 23.5. The van der Waals surface area contributed by atoms with Crippen LogP contribution in [0.3, 0.4) is 0 Å². The normalized spacial score (nSPS) is 12.8. The number of benzene rings is 2. The highest BCUT2D eigenvalue weighted by atomic mass is 32.2. The summed E-state index contributed by atoms with van der Waals surface area (Å²) in [5, 5.41) is 7.61. The largest absolute Gasteiger partial charge is 0.344 e. The van der Waals surface area contributed by atoms with Crippen molar-refractivity contribution in [1.29, 1.82) is 0 Å². The number of amides is 2. The summed E-state index contributed by atoms with van der Waals surface area (Å²) in [6, 6.07) is 17.0. The molecule has 2 N–H and O–H groups in total. The average molecular weight is 483 g/mol. The fraction of sp³-hybridized carbons (Fsp3) is 0.200. The van der Waals surface area contributed by atoms with Crippen LogP contribution in [0.2, 0.25) is 0 Å². The first-order valence-electron chi connectivity index (χ1n) is 10.4. The van der Waals surface area contributed by atoms with Crippen LogP contribution in [-0.4, -0.2) is 26.5 Å². The molecule has 0 bridgehead atoms. The van der Waals surface area contributed by atoms with E-state index in [0.717, 1.165) is 22.3 Å². The molecular weight excluding hydrogens is 456 g/mol. The van der Waals surface area contributed by atoms with Crippen molar-refractivity contribution in [1.82, 2.24) is 10.6 Å². The van der Waals surface area contributed by atoms with Crippen molar-refractivity contribution >= 4 is 39.1 Å². The molecule has 172 valence electrons. The quantitative estimate of drug-likeness (QED) is 0.463. The van der Waals surface area contributed by atoms with E-state index < -0.39 is 15.7 Å². The second-order valence-electron chi connectivity index (χ2n) is 7.62. The summed E-state index contributed by atoms with van der Waals surface area (Å²) in [6.45, 7) is 3.76. The van der Waals surface area contributed by atoms with E-state index in [-0.39, 0.29) is 22.5 Å². The zero-order valence-electron chi connectivity index (χ0n) is 18.7. The highest BCUT2D eigenvalue weighted by Crippen LogP contribution is 2.21. The lowest BCUT2D eigenvalue weighted by Crippen LogP contribution is -2.37. The number of aryl methyl sites for hydroxylation is 1. The standard InChI is InChI=1S/C25H26N2O4S2/c1-4-22(18-11-13-20(14-12-18)33(3,30)31)26-25(29)23(16-19-9-7-15-32-19)27-24(28)21-10-6-5-8-17(21)2/h5-16,22H,4H2,1-3H3,(H,26,29)(H,27,28)/b23-16-/t22-/m0/s1. The van der Waals surface area contributed by atoms with Crippen molar-refractivity contribution in [3.63, 3.8) is 0 Å². The molecule has 0 fully saturated rings. The van der Waals surface area contributed by atoms with E-state index in [9.17, 15) is 18.0 Å². The Balaban J connectivity index is 1.85. The Morgan fingerprint density at radius 2 is 1.73 bits per heavy atom. The minimum absolute atomic E-state index is 0.136. The molecule has 3 aromatic rings. The first-order valence-corrected chi connectivity index (χ1v) is 13.2. The minimum Gasteiger partial charge on any atom is -0.344 e. The number of rotatable bonds is 8. The third kappa shape index (κ3) is 6.40. The lowest BCUT2D eigenvalue weighted by Gasteiger charge is -2.19. The molecule has 3 rings (SSSR count). The molecule has 1 heterocycles. The average Bonchev–Trinajstić information content (AvgIpc) is 3.30. The lowest BCUT2D eigenvalue weighted by molar-refractivity contribution is -0.118. The number of hydrogen-bond acceptors (Lipinski definition) is 5. The summed E-state index contributed by atoms with van der Waals surface area (Å²) in [6.07, 6.45) is 3.39. The van der Waals surface area contributed by atoms with E-state index in [1.807, 2.05) is 43.5 Å². The molecule has 0 saturated carbocycles. The molecule has 1 aromatic heterocycles. The fourth-order valence-corrected chi connectivity index (χ4v) is 4.58. The van der Waals surface area contributed by atoms with E-state index in [0.29, 0.717) is 12.0 Å². The molecule has 0 saturated heterocycles. The molecule has 0 radical (unpaired) electrons. The molecule has 8 heteroatoms. The Kier molecular flexibility index (Phi) is 7.84. The Morgan fingerprint density at radius 3 is 2.30 bits per heavy atom. The Hall–Kier alpha value is -3.23. The van der Waals surface area contributed by atoms with Gasteiger partial charge in [0.05, 0.1) is 10.9 Å². The molecule has 0 spiro atoms. The van der Waals surface area contributed by atoms with Crippen LogP contribution in [0.5, 0.6) is 0 Å². The van der Waals surface area contributed by atoms with Crippen LogP contribution in [0.4, 0.5) is 0 Å². The molecule has 6 nitrogen and oxygen atoms in total. The smallest absolute Gasteiger partial charge is 0.268 e. The molecular formula is C25H26N2O4S2.